The highest BCUT2D eigenvalue weighted by atomic mass is 32.1. The molecule has 1 aliphatic heterocycles. The van der Waals surface area contributed by atoms with Gasteiger partial charge in [0.25, 0.3) is 5.91 Å². The highest BCUT2D eigenvalue weighted by molar-refractivity contribution is 7.18. The minimum absolute atomic E-state index is 0.0764. The summed E-state index contributed by atoms with van der Waals surface area (Å²) in [5.74, 6) is 1.47. The molecule has 3 aromatic rings. The second kappa shape index (κ2) is 8.91. The molecule has 1 aromatic carbocycles. The van der Waals surface area contributed by atoms with Gasteiger partial charge in [-0.05, 0) is 43.5 Å². The molecule has 2 unspecified atom stereocenters. The summed E-state index contributed by atoms with van der Waals surface area (Å²) >= 11 is 1.31. The minimum Gasteiger partial charge on any atom is -0.424 e. The van der Waals surface area contributed by atoms with Gasteiger partial charge in [0.05, 0.1) is 29.8 Å². The number of nitrogen functional groups attached to an aromatic ring is 1. The molecule has 11 heteroatoms. The summed E-state index contributed by atoms with van der Waals surface area (Å²) in [4.78, 5) is 34.6. The van der Waals surface area contributed by atoms with Crippen molar-refractivity contribution < 1.29 is 14.3 Å². The number of nitrogens with zero attached hydrogens (tertiary/aromatic N) is 6. The van der Waals surface area contributed by atoms with E-state index in [4.69, 9.17) is 20.2 Å². The van der Waals surface area contributed by atoms with Gasteiger partial charge in [0.15, 0.2) is 11.0 Å². The molecule has 3 heterocycles. The molecular weight excluding hydrogens is 442 g/mol. The van der Waals surface area contributed by atoms with Crippen molar-refractivity contribution in [3.63, 3.8) is 0 Å². The minimum atomic E-state index is -0.0764. The highest BCUT2D eigenvalue weighted by Gasteiger charge is 2.37. The maximum absolute atomic E-state index is 12.1. The van der Waals surface area contributed by atoms with Crippen LogP contribution >= 0.6 is 11.3 Å². The van der Waals surface area contributed by atoms with Crippen LogP contribution in [0.2, 0.25) is 0 Å². The average molecular weight is 468 g/mol. The van der Waals surface area contributed by atoms with E-state index in [0.717, 1.165) is 24.1 Å². The van der Waals surface area contributed by atoms with Crippen LogP contribution in [0.25, 0.3) is 10.7 Å². The monoisotopic (exact) mass is 467 g/mol. The third kappa shape index (κ3) is 4.46. The van der Waals surface area contributed by atoms with Gasteiger partial charge in [0, 0.05) is 26.2 Å². The quantitative estimate of drug-likeness (QED) is 0.604. The lowest BCUT2D eigenvalue weighted by Gasteiger charge is -2.37. The lowest BCUT2D eigenvalue weighted by molar-refractivity contribution is 0.0249. The van der Waals surface area contributed by atoms with Crippen LogP contribution in [0.1, 0.15) is 29.6 Å². The Bertz CT molecular complexity index is 1150. The van der Waals surface area contributed by atoms with Gasteiger partial charge >= 0.3 is 6.01 Å². The predicted molar refractivity (Wildman–Crippen MR) is 125 cm³/mol. The third-order valence-corrected chi connectivity index (χ3v) is 6.63. The first-order valence-corrected chi connectivity index (χ1v) is 11.6. The number of carbonyl (C=O) groups is 1. The Kier molecular flexibility index (Phi) is 5.81. The first-order chi connectivity index (χ1) is 16.0. The number of aromatic nitrogens is 4. The number of anilines is 2. The van der Waals surface area contributed by atoms with Gasteiger partial charge in [0.1, 0.15) is 5.75 Å². The summed E-state index contributed by atoms with van der Waals surface area (Å²) in [5.41, 5.74) is 6.41. The number of hydrogen-bond donors (Lipinski definition) is 1. The molecule has 0 radical (unpaired) electrons. The molecule has 172 valence electrons. The zero-order valence-electron chi connectivity index (χ0n) is 18.5. The maximum atomic E-state index is 12.1. The van der Waals surface area contributed by atoms with Crippen LogP contribution in [-0.4, -0.2) is 70.1 Å². The van der Waals surface area contributed by atoms with Crippen molar-refractivity contribution in [2.45, 2.75) is 31.4 Å². The number of fused-ring (bicyclic) bond motifs is 1. The Balaban J connectivity index is 1.47. The van der Waals surface area contributed by atoms with E-state index in [2.05, 4.69) is 19.9 Å². The highest BCUT2D eigenvalue weighted by Crippen LogP contribution is 2.34. The number of hydrogen-bond acceptors (Lipinski definition) is 10. The summed E-state index contributed by atoms with van der Waals surface area (Å²) in [5, 5.41) is 0.442. The lowest BCUT2D eigenvalue weighted by atomic mass is 10.1. The number of benzene rings is 1. The van der Waals surface area contributed by atoms with Gasteiger partial charge in [-0.3, -0.25) is 4.79 Å². The Morgan fingerprint density at radius 3 is 2.76 bits per heavy atom. The fourth-order valence-electron chi connectivity index (χ4n) is 4.22. The van der Waals surface area contributed by atoms with Gasteiger partial charge in [-0.25, -0.2) is 4.98 Å². The molecule has 2 fully saturated rings. The lowest BCUT2D eigenvalue weighted by Crippen LogP contribution is -2.49. The van der Waals surface area contributed by atoms with Crippen LogP contribution in [0.4, 0.5) is 11.1 Å². The van der Waals surface area contributed by atoms with Gasteiger partial charge in [-0.1, -0.05) is 11.3 Å². The Labute approximate surface area is 195 Å². The van der Waals surface area contributed by atoms with Crippen molar-refractivity contribution in [2.24, 2.45) is 0 Å². The molecule has 5 rings (SSSR count). The zero-order valence-corrected chi connectivity index (χ0v) is 19.3. The first kappa shape index (κ1) is 21.5. The Morgan fingerprint density at radius 2 is 2.03 bits per heavy atom. The number of thiazole rings is 1. The molecule has 0 bridgehead atoms. The van der Waals surface area contributed by atoms with Gasteiger partial charge in [-0.2, -0.15) is 15.0 Å². The van der Waals surface area contributed by atoms with Crippen molar-refractivity contribution >= 4 is 28.3 Å². The maximum Gasteiger partial charge on any atom is 0.327 e. The second-order valence-electron chi connectivity index (χ2n) is 8.23. The fourth-order valence-corrected chi connectivity index (χ4v) is 4.84. The molecular formula is C22H25N7O3S. The average Bonchev–Trinajstić information content (AvgIpc) is 3.47. The van der Waals surface area contributed by atoms with E-state index in [1.54, 1.807) is 44.6 Å². The van der Waals surface area contributed by atoms with E-state index in [1.165, 1.54) is 16.2 Å². The van der Waals surface area contributed by atoms with Crippen molar-refractivity contribution in [3.05, 3.63) is 36.0 Å². The van der Waals surface area contributed by atoms with Crippen molar-refractivity contribution in [1.29, 1.82) is 0 Å². The largest absolute Gasteiger partial charge is 0.424 e. The summed E-state index contributed by atoms with van der Waals surface area (Å²) in [6.07, 6.45) is 5.06. The van der Waals surface area contributed by atoms with Crippen LogP contribution in [0.3, 0.4) is 0 Å². The summed E-state index contributed by atoms with van der Waals surface area (Å²) in [6.45, 7) is 1.34. The van der Waals surface area contributed by atoms with Crippen molar-refractivity contribution in [2.75, 3.05) is 37.9 Å². The molecule has 10 nitrogen and oxygen atoms in total. The van der Waals surface area contributed by atoms with Gasteiger partial charge < -0.3 is 25.0 Å². The normalized spacial score (nSPS) is 19.9. The molecule has 1 saturated heterocycles. The topological polar surface area (TPSA) is 120 Å². The Hall–Kier alpha value is -3.31. The number of carbonyl (C=O) groups excluding carboxylic acids is 1. The summed E-state index contributed by atoms with van der Waals surface area (Å²) in [6, 6.07) is 7.31. The van der Waals surface area contributed by atoms with Crippen molar-refractivity contribution in [1.82, 2.24) is 24.8 Å². The zero-order chi connectivity index (χ0) is 22.9. The van der Waals surface area contributed by atoms with E-state index in [1.807, 2.05) is 0 Å². The summed E-state index contributed by atoms with van der Waals surface area (Å²) < 4.78 is 11.9. The smallest absolute Gasteiger partial charge is 0.327 e. The molecule has 1 saturated carbocycles. The summed E-state index contributed by atoms with van der Waals surface area (Å²) in [7, 11) is 3.43. The van der Waals surface area contributed by atoms with E-state index >= 15 is 0 Å². The number of nitrogens with two attached hydrogens (primary N) is 1. The van der Waals surface area contributed by atoms with E-state index < -0.39 is 0 Å². The van der Waals surface area contributed by atoms with E-state index in [9.17, 15) is 4.79 Å². The van der Waals surface area contributed by atoms with Crippen LogP contribution < -0.4 is 15.4 Å². The number of rotatable bonds is 5. The van der Waals surface area contributed by atoms with Crippen molar-refractivity contribution in [3.8, 4) is 22.5 Å². The number of morpholine rings is 1. The first-order valence-electron chi connectivity index (χ1n) is 10.8. The number of amides is 1. The molecule has 2 aromatic heterocycles. The number of ether oxygens (including phenoxy) is 2. The second-order valence-corrected chi connectivity index (χ2v) is 9.29. The molecule has 2 N–H and O–H groups in total. The van der Waals surface area contributed by atoms with Gasteiger partial charge in [0.2, 0.25) is 5.95 Å². The van der Waals surface area contributed by atoms with Crippen LogP contribution in [0.5, 0.6) is 11.8 Å². The van der Waals surface area contributed by atoms with E-state index in [-0.39, 0.29) is 24.1 Å². The molecule has 1 amide bonds. The fraction of sp³-hybridized carbons (Fsp3) is 0.409. The molecule has 33 heavy (non-hydrogen) atoms. The predicted octanol–water partition coefficient (Wildman–Crippen LogP) is 2.83. The van der Waals surface area contributed by atoms with Gasteiger partial charge in [-0.15, -0.1) is 0 Å². The van der Waals surface area contributed by atoms with E-state index in [0.29, 0.717) is 41.4 Å². The van der Waals surface area contributed by atoms with Crippen LogP contribution in [-0.2, 0) is 4.74 Å². The molecule has 2 aliphatic rings. The standard InChI is InChI=1S/C22H25N7O3S/c1-28(2)19(30)13-6-8-14(9-7-13)32-22-26-18(17-12-24-20(23)33-17)25-21(27-22)29-10-11-31-16-5-3-4-15(16)29/h6-9,12,15-16H,3-5,10-11H2,1-2H3,(H2,23,24). The molecule has 1 aliphatic carbocycles. The molecule has 0 spiro atoms. The third-order valence-electron chi connectivity index (χ3n) is 5.80. The SMILES string of the molecule is CN(C)C(=O)c1ccc(Oc2nc(-c3cnc(N)s3)nc(N3CCOC4CCCC43)n2)cc1. The Morgan fingerprint density at radius 1 is 1.21 bits per heavy atom. The van der Waals surface area contributed by atoms with Crippen LogP contribution in [0, 0.1) is 0 Å². The van der Waals surface area contributed by atoms with Crippen LogP contribution in [0.15, 0.2) is 30.5 Å². The molecule has 2 atom stereocenters.